The summed E-state index contributed by atoms with van der Waals surface area (Å²) in [6.07, 6.45) is 2.39. The molecule has 0 aromatic heterocycles. The van der Waals surface area contributed by atoms with Crippen molar-refractivity contribution in [1.29, 1.82) is 0 Å². The summed E-state index contributed by atoms with van der Waals surface area (Å²) in [6.45, 7) is 11.2. The van der Waals surface area contributed by atoms with Crippen LogP contribution in [0.4, 0.5) is 0 Å². The first kappa shape index (κ1) is 28.7. The van der Waals surface area contributed by atoms with Crippen molar-refractivity contribution in [3.8, 4) is 11.5 Å². The Bertz CT molecular complexity index is 970. The number of halogens is 1. The minimum absolute atomic E-state index is 0.00547. The largest absolute Gasteiger partial charge is 0.497 e. The SMILES string of the molecule is CCCCNC(=O)[C@H](CC)N(Cc1ccc(OC)cc1)C(=O)COc1ccc(C(C)(C)C)cc1Br. The van der Waals surface area contributed by atoms with Gasteiger partial charge in [0.25, 0.3) is 5.91 Å². The monoisotopic (exact) mass is 546 g/mol. The third kappa shape index (κ3) is 8.57. The first-order chi connectivity index (χ1) is 16.6. The van der Waals surface area contributed by atoms with E-state index in [1.54, 1.807) is 12.0 Å². The Labute approximate surface area is 218 Å². The lowest BCUT2D eigenvalue weighted by Gasteiger charge is -2.30. The van der Waals surface area contributed by atoms with E-state index < -0.39 is 6.04 Å². The van der Waals surface area contributed by atoms with Crippen LogP contribution in [-0.4, -0.2) is 43.0 Å². The van der Waals surface area contributed by atoms with Gasteiger partial charge in [-0.05, 0) is 69.6 Å². The fourth-order valence-electron chi connectivity index (χ4n) is 3.66. The smallest absolute Gasteiger partial charge is 0.261 e. The molecule has 0 aliphatic carbocycles. The van der Waals surface area contributed by atoms with Crippen LogP contribution in [0.25, 0.3) is 0 Å². The molecule has 1 N–H and O–H groups in total. The zero-order valence-corrected chi connectivity index (χ0v) is 23.4. The number of nitrogens with zero attached hydrogens (tertiary/aromatic N) is 1. The van der Waals surface area contributed by atoms with Crippen LogP contribution in [0.15, 0.2) is 46.9 Å². The minimum Gasteiger partial charge on any atom is -0.497 e. The molecule has 7 heteroatoms. The molecule has 0 saturated carbocycles. The van der Waals surface area contributed by atoms with Gasteiger partial charge in [-0.2, -0.15) is 0 Å². The van der Waals surface area contributed by atoms with Gasteiger partial charge in [-0.3, -0.25) is 9.59 Å². The molecule has 0 aliphatic rings. The Hall–Kier alpha value is -2.54. The zero-order valence-electron chi connectivity index (χ0n) is 21.8. The lowest BCUT2D eigenvalue weighted by molar-refractivity contribution is -0.143. The number of unbranched alkanes of at least 4 members (excludes halogenated alkanes) is 1. The van der Waals surface area contributed by atoms with E-state index in [1.807, 2.05) is 49.4 Å². The third-order valence-electron chi connectivity index (χ3n) is 5.88. The van der Waals surface area contributed by atoms with E-state index in [1.165, 1.54) is 5.56 Å². The second-order valence-electron chi connectivity index (χ2n) is 9.62. The maximum atomic E-state index is 13.4. The van der Waals surface area contributed by atoms with E-state index in [2.05, 4.69) is 48.9 Å². The molecule has 6 nitrogen and oxygen atoms in total. The summed E-state index contributed by atoms with van der Waals surface area (Å²) in [5.74, 6) is 0.947. The maximum Gasteiger partial charge on any atom is 0.261 e. The molecule has 2 rings (SSSR count). The molecule has 0 aliphatic heterocycles. The van der Waals surface area contributed by atoms with Crippen molar-refractivity contribution in [2.45, 2.75) is 71.9 Å². The van der Waals surface area contributed by atoms with Crippen molar-refractivity contribution in [2.75, 3.05) is 20.3 Å². The Morgan fingerprint density at radius 3 is 2.31 bits per heavy atom. The lowest BCUT2D eigenvalue weighted by Crippen LogP contribution is -2.50. The fraction of sp³-hybridized carbons (Fsp3) is 0.500. The van der Waals surface area contributed by atoms with Gasteiger partial charge in [0.15, 0.2) is 6.61 Å². The zero-order chi connectivity index (χ0) is 26.0. The topological polar surface area (TPSA) is 67.9 Å². The van der Waals surface area contributed by atoms with Gasteiger partial charge in [0, 0.05) is 13.1 Å². The van der Waals surface area contributed by atoms with Gasteiger partial charge in [0.1, 0.15) is 17.5 Å². The molecule has 0 radical (unpaired) electrons. The molecule has 0 spiro atoms. The molecular formula is C28H39BrN2O4. The fourth-order valence-corrected chi connectivity index (χ4v) is 4.15. The van der Waals surface area contributed by atoms with Gasteiger partial charge in [-0.15, -0.1) is 0 Å². The molecule has 1 atom stereocenters. The van der Waals surface area contributed by atoms with E-state index in [9.17, 15) is 9.59 Å². The van der Waals surface area contributed by atoms with Crippen molar-refractivity contribution in [2.24, 2.45) is 0 Å². The number of methoxy groups -OCH3 is 1. The Kier molecular flexibility index (Phi) is 11.1. The van der Waals surface area contributed by atoms with E-state index >= 15 is 0 Å². The number of ether oxygens (including phenoxy) is 2. The van der Waals surface area contributed by atoms with Crippen LogP contribution in [0.2, 0.25) is 0 Å². The highest BCUT2D eigenvalue weighted by atomic mass is 79.9. The number of rotatable bonds is 12. The normalized spacial score (nSPS) is 12.1. The minimum atomic E-state index is -0.586. The van der Waals surface area contributed by atoms with Gasteiger partial charge in [0.05, 0.1) is 11.6 Å². The summed E-state index contributed by atoms with van der Waals surface area (Å²) < 4.78 is 11.9. The van der Waals surface area contributed by atoms with Crippen LogP contribution < -0.4 is 14.8 Å². The van der Waals surface area contributed by atoms with E-state index in [0.29, 0.717) is 25.3 Å². The van der Waals surface area contributed by atoms with Gasteiger partial charge < -0.3 is 19.7 Å². The van der Waals surface area contributed by atoms with E-state index in [0.717, 1.165) is 28.6 Å². The lowest BCUT2D eigenvalue weighted by atomic mass is 9.87. The molecule has 2 aromatic rings. The van der Waals surface area contributed by atoms with Crippen LogP contribution in [-0.2, 0) is 21.5 Å². The number of carbonyl (C=O) groups is 2. The Morgan fingerprint density at radius 2 is 1.77 bits per heavy atom. The maximum absolute atomic E-state index is 13.4. The molecule has 0 unspecified atom stereocenters. The standard InChI is InChI=1S/C28H39BrN2O4/c1-7-9-16-30-27(33)24(8-2)31(18-20-10-13-22(34-6)14-11-20)26(32)19-35-25-15-12-21(17-23(25)29)28(3,4)5/h10-15,17,24H,7-9,16,18-19H2,1-6H3,(H,30,33)/t24-/m0/s1. The van der Waals surface area contributed by atoms with Gasteiger partial charge in [-0.1, -0.05) is 59.2 Å². The van der Waals surface area contributed by atoms with Crippen LogP contribution in [0.1, 0.15) is 65.0 Å². The van der Waals surface area contributed by atoms with Gasteiger partial charge >= 0.3 is 0 Å². The molecular weight excluding hydrogens is 508 g/mol. The van der Waals surface area contributed by atoms with Crippen LogP contribution in [0.5, 0.6) is 11.5 Å². The van der Waals surface area contributed by atoms with E-state index in [4.69, 9.17) is 9.47 Å². The van der Waals surface area contributed by atoms with Gasteiger partial charge in [0.2, 0.25) is 5.91 Å². The van der Waals surface area contributed by atoms with Crippen LogP contribution in [0, 0.1) is 0 Å². The van der Waals surface area contributed by atoms with Crippen LogP contribution in [0.3, 0.4) is 0 Å². The average molecular weight is 548 g/mol. The first-order valence-corrected chi connectivity index (χ1v) is 13.0. The molecule has 192 valence electrons. The highest BCUT2D eigenvalue weighted by molar-refractivity contribution is 9.10. The molecule has 0 saturated heterocycles. The molecule has 0 fully saturated rings. The summed E-state index contributed by atoms with van der Waals surface area (Å²) >= 11 is 3.57. The van der Waals surface area contributed by atoms with Crippen molar-refractivity contribution in [3.05, 3.63) is 58.1 Å². The molecule has 0 bridgehead atoms. The molecule has 2 amide bonds. The molecule has 2 aromatic carbocycles. The highest BCUT2D eigenvalue weighted by Gasteiger charge is 2.29. The predicted octanol–water partition coefficient (Wildman–Crippen LogP) is 5.86. The first-order valence-electron chi connectivity index (χ1n) is 12.2. The number of nitrogens with one attached hydrogen (secondary N) is 1. The van der Waals surface area contributed by atoms with Crippen molar-refractivity contribution in [3.63, 3.8) is 0 Å². The number of carbonyl (C=O) groups excluding carboxylic acids is 2. The van der Waals surface area contributed by atoms with Crippen LogP contribution >= 0.6 is 15.9 Å². The second kappa shape index (κ2) is 13.5. The summed E-state index contributed by atoms with van der Waals surface area (Å²) in [7, 11) is 1.61. The molecule has 0 heterocycles. The number of benzene rings is 2. The second-order valence-corrected chi connectivity index (χ2v) is 10.5. The summed E-state index contributed by atoms with van der Waals surface area (Å²) in [4.78, 5) is 28.0. The summed E-state index contributed by atoms with van der Waals surface area (Å²) in [6, 6.07) is 12.8. The van der Waals surface area contributed by atoms with Crippen molar-refractivity contribution in [1.82, 2.24) is 10.2 Å². The summed E-state index contributed by atoms with van der Waals surface area (Å²) in [5, 5.41) is 2.98. The number of hydrogen-bond donors (Lipinski definition) is 1. The number of amides is 2. The predicted molar refractivity (Wildman–Crippen MR) is 144 cm³/mol. The Balaban J connectivity index is 2.21. The van der Waals surface area contributed by atoms with Crippen molar-refractivity contribution < 1.29 is 19.1 Å². The average Bonchev–Trinajstić information content (AvgIpc) is 2.82. The van der Waals surface area contributed by atoms with E-state index in [-0.39, 0.29) is 23.8 Å². The third-order valence-corrected chi connectivity index (χ3v) is 6.50. The van der Waals surface area contributed by atoms with Gasteiger partial charge in [-0.25, -0.2) is 0 Å². The van der Waals surface area contributed by atoms with Crippen molar-refractivity contribution >= 4 is 27.7 Å². The molecule has 35 heavy (non-hydrogen) atoms. The number of hydrogen-bond acceptors (Lipinski definition) is 4. The quantitative estimate of drug-likeness (QED) is 0.338. The highest BCUT2D eigenvalue weighted by Crippen LogP contribution is 2.31. The Morgan fingerprint density at radius 1 is 1.09 bits per heavy atom. The summed E-state index contributed by atoms with van der Waals surface area (Å²) in [5.41, 5.74) is 2.08.